The Kier molecular flexibility index (Phi) is 5.47. The van der Waals surface area contributed by atoms with Crippen LogP contribution in [-0.4, -0.2) is 33.8 Å². The number of fused-ring (bicyclic) bond motifs is 1. The average Bonchev–Trinajstić information content (AvgIpc) is 3.48. The Balaban J connectivity index is 1.41. The van der Waals surface area contributed by atoms with Gasteiger partial charge in [0.05, 0.1) is 29.7 Å². The Hall–Kier alpha value is -3.84. The monoisotopic (exact) mass is 441 g/mol. The summed E-state index contributed by atoms with van der Waals surface area (Å²) in [7, 11) is 1.59. The Labute approximate surface area is 188 Å². The van der Waals surface area contributed by atoms with Crippen molar-refractivity contribution >= 4 is 28.4 Å². The van der Waals surface area contributed by atoms with E-state index in [4.69, 9.17) is 9.15 Å². The van der Waals surface area contributed by atoms with Crippen LogP contribution in [0.3, 0.4) is 0 Å². The van der Waals surface area contributed by atoms with Crippen molar-refractivity contribution in [3.05, 3.63) is 84.4 Å². The molecule has 2 heterocycles. The van der Waals surface area contributed by atoms with Crippen LogP contribution < -0.4 is 4.74 Å². The summed E-state index contributed by atoms with van der Waals surface area (Å²) in [5.41, 5.74) is 4.09. The zero-order valence-corrected chi connectivity index (χ0v) is 18.1. The highest BCUT2D eigenvalue weighted by atomic mass is 32.2. The number of para-hydroxylation sites is 2. The summed E-state index contributed by atoms with van der Waals surface area (Å²) < 4.78 is 11.1. The number of hydrogen-bond acceptors (Lipinski definition) is 6. The van der Waals surface area contributed by atoms with E-state index in [9.17, 15) is 4.79 Å². The topological polar surface area (TPSA) is 81.0 Å². The normalized spacial score (nSPS) is 11.0. The van der Waals surface area contributed by atoms with E-state index in [2.05, 4.69) is 15.2 Å². The number of methoxy groups -OCH3 is 1. The van der Waals surface area contributed by atoms with Crippen LogP contribution in [0.25, 0.3) is 33.6 Å². The van der Waals surface area contributed by atoms with Gasteiger partial charge in [0.2, 0.25) is 0 Å². The molecule has 6 nitrogen and oxygen atoms in total. The molecule has 0 atom stereocenters. The smallest absolute Gasteiger partial charge is 0.277 e. The number of thioether (sulfide) groups is 1. The Morgan fingerprint density at radius 2 is 1.72 bits per heavy atom. The van der Waals surface area contributed by atoms with Gasteiger partial charge in [-0.15, -0.1) is 10.2 Å². The van der Waals surface area contributed by atoms with Gasteiger partial charge < -0.3 is 14.1 Å². The third-order valence-electron chi connectivity index (χ3n) is 5.12. The number of carbonyl (C=O) groups excluding carboxylic acids is 1. The molecule has 0 fully saturated rings. The van der Waals surface area contributed by atoms with Crippen molar-refractivity contribution in [2.75, 3.05) is 12.9 Å². The number of aromatic nitrogens is 3. The Morgan fingerprint density at radius 1 is 0.969 bits per heavy atom. The molecule has 0 amide bonds. The molecule has 7 heteroatoms. The number of carbonyl (C=O) groups is 1. The summed E-state index contributed by atoms with van der Waals surface area (Å²) in [5, 5.41) is 9.44. The highest BCUT2D eigenvalue weighted by Crippen LogP contribution is 2.33. The van der Waals surface area contributed by atoms with Crippen molar-refractivity contribution in [1.82, 2.24) is 15.2 Å². The minimum absolute atomic E-state index is 0.0108. The fraction of sp³-hybridized carbons (Fsp3) is 0.0800. The van der Waals surface area contributed by atoms with Gasteiger partial charge in [0.25, 0.3) is 11.1 Å². The molecular weight excluding hydrogens is 422 g/mol. The minimum Gasteiger partial charge on any atom is -0.496 e. The van der Waals surface area contributed by atoms with Gasteiger partial charge in [-0.3, -0.25) is 4.79 Å². The lowest BCUT2D eigenvalue weighted by molar-refractivity contribution is 0.102. The summed E-state index contributed by atoms with van der Waals surface area (Å²) in [6, 6.07) is 25.1. The summed E-state index contributed by atoms with van der Waals surface area (Å²) >= 11 is 1.22. The summed E-state index contributed by atoms with van der Waals surface area (Å²) in [6.07, 6.45) is 0. The van der Waals surface area contributed by atoms with Crippen molar-refractivity contribution in [3.63, 3.8) is 0 Å². The van der Waals surface area contributed by atoms with Crippen LogP contribution in [-0.2, 0) is 0 Å². The first-order chi connectivity index (χ1) is 15.7. The zero-order valence-electron chi connectivity index (χ0n) is 17.2. The van der Waals surface area contributed by atoms with Crippen molar-refractivity contribution < 1.29 is 13.9 Å². The quantitative estimate of drug-likeness (QED) is 0.251. The lowest BCUT2D eigenvalue weighted by Crippen LogP contribution is -2.03. The van der Waals surface area contributed by atoms with Crippen LogP contribution in [0.5, 0.6) is 5.75 Å². The van der Waals surface area contributed by atoms with Gasteiger partial charge >= 0.3 is 0 Å². The van der Waals surface area contributed by atoms with E-state index in [1.54, 1.807) is 7.11 Å². The first-order valence-corrected chi connectivity index (χ1v) is 11.0. The molecule has 0 saturated heterocycles. The van der Waals surface area contributed by atoms with Crippen LogP contribution in [0, 0.1) is 0 Å². The van der Waals surface area contributed by atoms with E-state index in [0.29, 0.717) is 28.0 Å². The van der Waals surface area contributed by atoms with Crippen LogP contribution >= 0.6 is 11.8 Å². The standard InChI is InChI=1S/C25H19N3O3S/c1-30-21-14-8-6-12-18(21)24-27-28-25(31-24)32-15-20(29)22-17-11-5-7-13-19(17)26-23(22)16-9-3-2-4-10-16/h2-14,26H,15H2,1H3. The number of hydrogen-bond donors (Lipinski definition) is 1. The predicted molar refractivity (Wildman–Crippen MR) is 125 cm³/mol. The number of ether oxygens (including phenoxy) is 1. The molecule has 3 aromatic carbocycles. The first-order valence-electron chi connectivity index (χ1n) is 10.0. The summed E-state index contributed by atoms with van der Waals surface area (Å²) in [4.78, 5) is 16.7. The van der Waals surface area contributed by atoms with Gasteiger partial charge in [0.15, 0.2) is 5.78 Å². The molecule has 5 aromatic rings. The minimum atomic E-state index is -0.0108. The van der Waals surface area contributed by atoms with E-state index in [-0.39, 0.29) is 11.5 Å². The van der Waals surface area contributed by atoms with E-state index < -0.39 is 0 Å². The largest absolute Gasteiger partial charge is 0.496 e. The number of rotatable bonds is 7. The number of nitrogens with zero attached hydrogens (tertiary/aromatic N) is 2. The van der Waals surface area contributed by atoms with Crippen LogP contribution in [0.4, 0.5) is 0 Å². The maximum Gasteiger partial charge on any atom is 0.277 e. The first kappa shape index (κ1) is 20.1. The summed E-state index contributed by atoms with van der Waals surface area (Å²) in [5.74, 6) is 1.17. The second-order valence-electron chi connectivity index (χ2n) is 7.07. The zero-order chi connectivity index (χ0) is 21.9. The number of aromatic amines is 1. The lowest BCUT2D eigenvalue weighted by atomic mass is 10.0. The highest BCUT2D eigenvalue weighted by molar-refractivity contribution is 7.99. The van der Waals surface area contributed by atoms with Gasteiger partial charge in [0, 0.05) is 10.9 Å². The molecule has 5 rings (SSSR count). The van der Waals surface area contributed by atoms with Gasteiger partial charge in [0.1, 0.15) is 5.75 Å². The molecule has 158 valence electrons. The Bertz CT molecular complexity index is 1390. The van der Waals surface area contributed by atoms with Crippen molar-refractivity contribution in [1.29, 1.82) is 0 Å². The molecule has 0 radical (unpaired) electrons. The van der Waals surface area contributed by atoms with Crippen LogP contribution in [0.1, 0.15) is 10.4 Å². The fourth-order valence-corrected chi connectivity index (χ4v) is 4.29. The third-order valence-corrected chi connectivity index (χ3v) is 5.94. The Morgan fingerprint density at radius 3 is 2.56 bits per heavy atom. The van der Waals surface area contributed by atoms with Crippen LogP contribution in [0.2, 0.25) is 0 Å². The van der Waals surface area contributed by atoms with Crippen LogP contribution in [0.15, 0.2) is 88.5 Å². The molecule has 0 bridgehead atoms. The third kappa shape index (κ3) is 3.78. The lowest BCUT2D eigenvalue weighted by Gasteiger charge is -2.04. The molecule has 0 aliphatic heterocycles. The molecule has 0 aliphatic carbocycles. The van der Waals surface area contributed by atoms with Gasteiger partial charge in [-0.25, -0.2) is 0 Å². The predicted octanol–water partition coefficient (Wildman–Crippen LogP) is 5.87. The van der Waals surface area contributed by atoms with Gasteiger partial charge in [-0.1, -0.05) is 72.4 Å². The van der Waals surface area contributed by atoms with Crippen molar-refractivity contribution in [3.8, 4) is 28.5 Å². The van der Waals surface area contributed by atoms with E-state index in [1.807, 2.05) is 78.9 Å². The molecule has 0 aliphatic rings. The average molecular weight is 442 g/mol. The molecule has 32 heavy (non-hydrogen) atoms. The fourth-order valence-electron chi connectivity index (χ4n) is 3.65. The molecule has 0 saturated carbocycles. The van der Waals surface area contributed by atoms with Gasteiger partial charge in [-0.2, -0.15) is 0 Å². The second-order valence-corrected chi connectivity index (χ2v) is 8.00. The molecule has 1 N–H and O–H groups in total. The molecular formula is C25H19N3O3S. The van der Waals surface area contributed by atoms with Crippen molar-refractivity contribution in [2.45, 2.75) is 5.22 Å². The number of ketones is 1. The second kappa shape index (κ2) is 8.72. The number of Topliss-reactive ketones (excluding diaryl/α,β-unsaturated/α-hetero) is 1. The summed E-state index contributed by atoms with van der Waals surface area (Å²) in [6.45, 7) is 0. The van der Waals surface area contributed by atoms with Gasteiger partial charge in [-0.05, 0) is 23.8 Å². The SMILES string of the molecule is COc1ccccc1-c1nnc(SCC(=O)c2c(-c3ccccc3)[nH]c3ccccc23)o1. The molecule has 0 spiro atoms. The number of H-pyrrole nitrogens is 1. The van der Waals surface area contributed by atoms with E-state index in [0.717, 1.165) is 22.2 Å². The highest BCUT2D eigenvalue weighted by Gasteiger charge is 2.21. The maximum absolute atomic E-state index is 13.3. The number of benzene rings is 3. The number of nitrogens with one attached hydrogen (secondary N) is 1. The molecule has 0 unspecified atom stereocenters. The maximum atomic E-state index is 13.3. The van der Waals surface area contributed by atoms with E-state index >= 15 is 0 Å². The molecule has 2 aromatic heterocycles. The van der Waals surface area contributed by atoms with Crippen molar-refractivity contribution in [2.24, 2.45) is 0 Å². The van der Waals surface area contributed by atoms with E-state index in [1.165, 1.54) is 11.8 Å².